The van der Waals surface area contributed by atoms with E-state index in [1.54, 1.807) is 30.5 Å². The molecular formula is C11H12N2O2. The number of nitrogens with one attached hydrogen (secondary N) is 1. The van der Waals surface area contributed by atoms with Gasteiger partial charge in [0.1, 0.15) is 5.75 Å². The Morgan fingerprint density at radius 1 is 1.60 bits per heavy atom. The number of nitriles is 1. The van der Waals surface area contributed by atoms with E-state index in [1.807, 2.05) is 6.92 Å². The Morgan fingerprint density at radius 2 is 2.40 bits per heavy atom. The minimum Gasteiger partial charge on any atom is -0.388 e. The molecule has 0 aliphatic rings. The molecule has 0 aliphatic heterocycles. The zero-order valence-corrected chi connectivity index (χ0v) is 8.49. The topological polar surface area (TPSA) is 62.1 Å². The fourth-order valence-corrected chi connectivity index (χ4v) is 1.14. The van der Waals surface area contributed by atoms with Crippen molar-refractivity contribution in [2.75, 3.05) is 5.32 Å². The van der Waals surface area contributed by atoms with E-state index in [-0.39, 0.29) is 5.91 Å². The van der Waals surface area contributed by atoms with Crippen LogP contribution in [0.1, 0.15) is 19.8 Å². The van der Waals surface area contributed by atoms with Gasteiger partial charge in [-0.05, 0) is 18.6 Å². The Morgan fingerprint density at radius 3 is 3.07 bits per heavy atom. The lowest BCUT2D eigenvalue weighted by Crippen LogP contribution is -2.10. The van der Waals surface area contributed by atoms with Crippen LogP contribution < -0.4 is 10.1 Å². The molecule has 0 aromatic heterocycles. The largest absolute Gasteiger partial charge is 0.388 e. The fourth-order valence-electron chi connectivity index (χ4n) is 1.14. The van der Waals surface area contributed by atoms with Crippen molar-refractivity contribution in [3.8, 4) is 12.0 Å². The van der Waals surface area contributed by atoms with Crippen LogP contribution in [0.3, 0.4) is 0 Å². The first-order valence-electron chi connectivity index (χ1n) is 4.72. The van der Waals surface area contributed by atoms with Crippen molar-refractivity contribution in [3.63, 3.8) is 0 Å². The summed E-state index contributed by atoms with van der Waals surface area (Å²) < 4.78 is 4.64. The zero-order valence-electron chi connectivity index (χ0n) is 8.49. The summed E-state index contributed by atoms with van der Waals surface area (Å²) in [7, 11) is 0. The Labute approximate surface area is 88.5 Å². The summed E-state index contributed by atoms with van der Waals surface area (Å²) in [6.07, 6.45) is 2.87. The lowest BCUT2D eigenvalue weighted by Gasteiger charge is -2.04. The monoisotopic (exact) mass is 204 g/mol. The van der Waals surface area contributed by atoms with Gasteiger partial charge < -0.3 is 10.1 Å². The molecule has 0 spiro atoms. The van der Waals surface area contributed by atoms with Crippen molar-refractivity contribution < 1.29 is 9.53 Å². The number of amides is 1. The van der Waals surface area contributed by atoms with Gasteiger partial charge >= 0.3 is 0 Å². The van der Waals surface area contributed by atoms with Gasteiger partial charge in [-0.25, -0.2) is 0 Å². The number of hydrogen-bond acceptors (Lipinski definition) is 3. The van der Waals surface area contributed by atoms with Crippen LogP contribution in [0.5, 0.6) is 5.75 Å². The molecule has 4 heteroatoms. The van der Waals surface area contributed by atoms with E-state index in [9.17, 15) is 4.79 Å². The molecule has 0 unspecified atom stereocenters. The number of ether oxygens (including phenoxy) is 1. The lowest BCUT2D eigenvalue weighted by atomic mass is 10.2. The van der Waals surface area contributed by atoms with Gasteiger partial charge in [-0.1, -0.05) is 13.0 Å². The molecule has 0 saturated heterocycles. The van der Waals surface area contributed by atoms with Crippen LogP contribution in [0.25, 0.3) is 0 Å². The van der Waals surface area contributed by atoms with Crippen molar-refractivity contribution >= 4 is 11.6 Å². The molecule has 0 saturated carbocycles. The molecule has 4 nitrogen and oxygen atoms in total. The minimum atomic E-state index is -0.0355. The van der Waals surface area contributed by atoms with Crippen molar-refractivity contribution in [1.29, 1.82) is 5.26 Å². The second-order valence-electron chi connectivity index (χ2n) is 3.02. The molecule has 1 N–H and O–H groups in total. The summed E-state index contributed by atoms with van der Waals surface area (Å²) in [6.45, 7) is 1.94. The van der Waals surface area contributed by atoms with Crippen LogP contribution in [-0.2, 0) is 4.79 Å². The van der Waals surface area contributed by atoms with Crippen LogP contribution in [0.15, 0.2) is 24.3 Å². The fraction of sp³-hybridized carbons (Fsp3) is 0.273. The number of carbonyl (C=O) groups excluding carboxylic acids is 1. The van der Waals surface area contributed by atoms with Crippen LogP contribution >= 0.6 is 0 Å². The van der Waals surface area contributed by atoms with Gasteiger partial charge in [0.2, 0.25) is 5.91 Å². The van der Waals surface area contributed by atoms with Gasteiger partial charge in [0.25, 0.3) is 6.26 Å². The predicted octanol–water partition coefficient (Wildman–Crippen LogP) is 2.29. The Kier molecular flexibility index (Phi) is 4.17. The summed E-state index contributed by atoms with van der Waals surface area (Å²) >= 11 is 0. The van der Waals surface area contributed by atoms with Gasteiger partial charge in [-0.3, -0.25) is 4.79 Å². The van der Waals surface area contributed by atoms with Gasteiger partial charge in [-0.15, -0.1) is 5.26 Å². The van der Waals surface area contributed by atoms with Crippen LogP contribution in [-0.4, -0.2) is 5.91 Å². The lowest BCUT2D eigenvalue weighted by molar-refractivity contribution is -0.116. The van der Waals surface area contributed by atoms with E-state index in [0.29, 0.717) is 17.9 Å². The quantitative estimate of drug-likeness (QED) is 0.765. The summed E-state index contributed by atoms with van der Waals surface area (Å²) in [6, 6.07) is 6.72. The second-order valence-corrected chi connectivity index (χ2v) is 3.02. The van der Waals surface area contributed by atoms with Crippen molar-refractivity contribution in [2.45, 2.75) is 19.8 Å². The van der Waals surface area contributed by atoms with Gasteiger partial charge in [0.15, 0.2) is 0 Å². The Balaban J connectivity index is 2.65. The van der Waals surface area contributed by atoms with Gasteiger partial charge in [-0.2, -0.15) is 0 Å². The number of benzene rings is 1. The summed E-state index contributed by atoms with van der Waals surface area (Å²) in [5.74, 6) is 0.387. The normalized spacial score (nSPS) is 9.07. The average Bonchev–Trinajstić information content (AvgIpc) is 2.19. The third-order valence-electron chi connectivity index (χ3n) is 1.76. The Bertz CT molecular complexity index is 382. The van der Waals surface area contributed by atoms with Crippen LogP contribution in [0.2, 0.25) is 0 Å². The molecule has 1 aromatic carbocycles. The SMILES string of the molecule is CCCC(=O)Nc1cccc(OC#N)c1. The summed E-state index contributed by atoms with van der Waals surface area (Å²) in [4.78, 5) is 11.3. The molecule has 0 radical (unpaired) electrons. The van der Waals surface area contributed by atoms with Crippen LogP contribution in [0, 0.1) is 11.5 Å². The van der Waals surface area contributed by atoms with Crippen LogP contribution in [0.4, 0.5) is 5.69 Å². The minimum absolute atomic E-state index is 0.0355. The molecule has 0 atom stereocenters. The number of hydrogen-bond donors (Lipinski definition) is 1. The first-order valence-corrected chi connectivity index (χ1v) is 4.72. The highest BCUT2D eigenvalue weighted by molar-refractivity contribution is 5.90. The van der Waals surface area contributed by atoms with E-state index in [2.05, 4.69) is 10.1 Å². The summed E-state index contributed by atoms with van der Waals surface area (Å²) in [5.41, 5.74) is 0.640. The molecule has 78 valence electrons. The molecule has 0 aliphatic carbocycles. The summed E-state index contributed by atoms with van der Waals surface area (Å²) in [5, 5.41) is 11.0. The second kappa shape index (κ2) is 5.66. The molecule has 1 aromatic rings. The van der Waals surface area contributed by atoms with Gasteiger partial charge in [0.05, 0.1) is 0 Å². The molecule has 1 amide bonds. The molecular weight excluding hydrogens is 192 g/mol. The third kappa shape index (κ3) is 3.69. The molecule has 0 fully saturated rings. The molecule has 15 heavy (non-hydrogen) atoms. The first-order chi connectivity index (χ1) is 7.26. The number of anilines is 1. The average molecular weight is 204 g/mol. The van der Waals surface area contributed by atoms with Crippen molar-refractivity contribution in [3.05, 3.63) is 24.3 Å². The maximum absolute atomic E-state index is 11.3. The van der Waals surface area contributed by atoms with E-state index in [4.69, 9.17) is 5.26 Å². The number of carbonyl (C=O) groups is 1. The third-order valence-corrected chi connectivity index (χ3v) is 1.76. The van der Waals surface area contributed by atoms with E-state index < -0.39 is 0 Å². The van der Waals surface area contributed by atoms with Crippen molar-refractivity contribution in [1.82, 2.24) is 0 Å². The number of rotatable bonds is 4. The molecule has 0 bridgehead atoms. The smallest absolute Gasteiger partial charge is 0.292 e. The maximum Gasteiger partial charge on any atom is 0.292 e. The molecule has 0 heterocycles. The maximum atomic E-state index is 11.3. The highest BCUT2D eigenvalue weighted by Crippen LogP contribution is 2.17. The van der Waals surface area contributed by atoms with E-state index in [0.717, 1.165) is 6.42 Å². The number of nitrogens with zero attached hydrogens (tertiary/aromatic N) is 1. The predicted molar refractivity (Wildman–Crippen MR) is 56.2 cm³/mol. The van der Waals surface area contributed by atoms with E-state index >= 15 is 0 Å². The standard InChI is InChI=1S/C11H12N2O2/c1-2-4-11(14)13-9-5-3-6-10(7-9)15-8-12/h3,5-7H,2,4H2,1H3,(H,13,14). The highest BCUT2D eigenvalue weighted by atomic mass is 16.5. The van der Waals surface area contributed by atoms with Crippen molar-refractivity contribution in [2.24, 2.45) is 0 Å². The zero-order chi connectivity index (χ0) is 11.1. The highest BCUT2D eigenvalue weighted by Gasteiger charge is 2.01. The molecule has 1 rings (SSSR count). The Hall–Kier alpha value is -2.02. The van der Waals surface area contributed by atoms with Gasteiger partial charge in [0, 0.05) is 18.2 Å². The van der Waals surface area contributed by atoms with E-state index in [1.165, 1.54) is 0 Å². The first kappa shape index (κ1) is 11.1.